The maximum absolute atomic E-state index is 12.8. The zero-order valence-corrected chi connectivity index (χ0v) is 17.1. The number of likely N-dealkylation sites (N-methyl/N-ethyl adjacent to an activating group) is 1. The summed E-state index contributed by atoms with van der Waals surface area (Å²) in [5.74, 6) is 0.967. The molecule has 2 aromatic rings. The van der Waals surface area contributed by atoms with Crippen LogP contribution < -0.4 is 10.2 Å². The normalized spacial score (nSPS) is 18.1. The first-order valence-corrected chi connectivity index (χ1v) is 10.1. The Kier molecular flexibility index (Phi) is 6.98. The van der Waals surface area contributed by atoms with Crippen LogP contribution in [0.25, 0.3) is 0 Å². The van der Waals surface area contributed by atoms with Crippen molar-refractivity contribution < 1.29 is 4.79 Å². The predicted molar refractivity (Wildman–Crippen MR) is 112 cm³/mol. The first-order chi connectivity index (χ1) is 13.6. The fourth-order valence-electron chi connectivity index (χ4n) is 3.77. The average molecular weight is 382 g/mol. The Bertz CT molecular complexity index is 747. The van der Waals surface area contributed by atoms with E-state index in [0.717, 1.165) is 31.6 Å². The molecular weight excluding hydrogens is 350 g/mol. The summed E-state index contributed by atoms with van der Waals surface area (Å²) in [6.07, 6.45) is 8.08. The number of benzene rings is 1. The summed E-state index contributed by atoms with van der Waals surface area (Å²) in [4.78, 5) is 25.7. The van der Waals surface area contributed by atoms with E-state index in [2.05, 4.69) is 70.4 Å². The van der Waals surface area contributed by atoms with Crippen LogP contribution in [0.5, 0.6) is 0 Å². The SMILES string of the molecule is CCc1ccc([C@@H](CNC(=O)[C@H]2CCCN(c3cnccn3)C2)N(C)C)cc1. The van der Waals surface area contributed by atoms with Crippen LogP contribution in [0.3, 0.4) is 0 Å². The molecule has 0 saturated carbocycles. The summed E-state index contributed by atoms with van der Waals surface area (Å²) in [7, 11) is 4.11. The van der Waals surface area contributed by atoms with Gasteiger partial charge in [0.1, 0.15) is 5.82 Å². The highest BCUT2D eigenvalue weighted by atomic mass is 16.1. The molecule has 0 radical (unpaired) electrons. The molecule has 3 rings (SSSR count). The predicted octanol–water partition coefficient (Wildman–Crippen LogP) is 2.67. The van der Waals surface area contributed by atoms with E-state index in [4.69, 9.17) is 0 Å². The van der Waals surface area contributed by atoms with Gasteiger partial charge in [-0.05, 0) is 44.5 Å². The molecule has 0 spiro atoms. The average Bonchev–Trinajstić information content (AvgIpc) is 2.74. The van der Waals surface area contributed by atoms with Crippen LogP contribution in [0.2, 0.25) is 0 Å². The van der Waals surface area contributed by atoms with Crippen molar-refractivity contribution in [2.45, 2.75) is 32.2 Å². The van der Waals surface area contributed by atoms with Crippen LogP contribution in [0.15, 0.2) is 42.9 Å². The first kappa shape index (κ1) is 20.3. The van der Waals surface area contributed by atoms with Gasteiger partial charge < -0.3 is 15.1 Å². The number of nitrogens with zero attached hydrogens (tertiary/aromatic N) is 4. The summed E-state index contributed by atoms with van der Waals surface area (Å²) >= 11 is 0. The highest BCUT2D eigenvalue weighted by molar-refractivity contribution is 5.79. The zero-order valence-electron chi connectivity index (χ0n) is 17.1. The summed E-state index contributed by atoms with van der Waals surface area (Å²) in [5, 5.41) is 3.19. The second-order valence-electron chi connectivity index (χ2n) is 7.67. The number of hydrogen-bond donors (Lipinski definition) is 1. The molecule has 150 valence electrons. The molecular formula is C22H31N5O. The van der Waals surface area contributed by atoms with Gasteiger partial charge in [-0.3, -0.25) is 9.78 Å². The largest absolute Gasteiger partial charge is 0.355 e. The second kappa shape index (κ2) is 9.64. The fraction of sp³-hybridized carbons (Fsp3) is 0.500. The number of aromatic nitrogens is 2. The van der Waals surface area contributed by atoms with E-state index in [1.165, 1.54) is 11.1 Å². The van der Waals surface area contributed by atoms with Crippen LogP contribution >= 0.6 is 0 Å². The lowest BCUT2D eigenvalue weighted by Gasteiger charge is -2.33. The Hall–Kier alpha value is -2.47. The number of amides is 1. The molecule has 1 aliphatic heterocycles. The van der Waals surface area contributed by atoms with Gasteiger partial charge >= 0.3 is 0 Å². The smallest absolute Gasteiger partial charge is 0.224 e. The Balaban J connectivity index is 1.59. The van der Waals surface area contributed by atoms with Crippen LogP contribution in [0.4, 0.5) is 5.82 Å². The molecule has 0 unspecified atom stereocenters. The lowest BCUT2D eigenvalue weighted by Crippen LogP contribution is -2.45. The van der Waals surface area contributed by atoms with Crippen molar-refractivity contribution in [3.8, 4) is 0 Å². The van der Waals surface area contributed by atoms with Gasteiger partial charge in [-0.1, -0.05) is 31.2 Å². The number of aryl methyl sites for hydroxylation is 1. The van der Waals surface area contributed by atoms with Gasteiger partial charge in [-0.2, -0.15) is 0 Å². The third-order valence-corrected chi connectivity index (χ3v) is 5.53. The van der Waals surface area contributed by atoms with Gasteiger partial charge in [-0.25, -0.2) is 4.98 Å². The quantitative estimate of drug-likeness (QED) is 0.799. The van der Waals surface area contributed by atoms with Crippen molar-refractivity contribution in [3.63, 3.8) is 0 Å². The van der Waals surface area contributed by atoms with Crippen LogP contribution in [0, 0.1) is 5.92 Å². The van der Waals surface area contributed by atoms with Gasteiger partial charge in [0.2, 0.25) is 5.91 Å². The number of carbonyl (C=O) groups is 1. The molecule has 0 bridgehead atoms. The highest BCUT2D eigenvalue weighted by Gasteiger charge is 2.27. The monoisotopic (exact) mass is 381 g/mol. The third kappa shape index (κ3) is 5.07. The van der Waals surface area contributed by atoms with Gasteiger partial charge in [0.15, 0.2) is 0 Å². The summed E-state index contributed by atoms with van der Waals surface area (Å²) < 4.78 is 0. The number of hydrogen-bond acceptors (Lipinski definition) is 5. The molecule has 2 atom stereocenters. The maximum atomic E-state index is 12.8. The number of rotatable bonds is 7. The maximum Gasteiger partial charge on any atom is 0.224 e. The molecule has 2 heterocycles. The van der Waals surface area contributed by atoms with Crippen LogP contribution in [-0.4, -0.2) is 54.5 Å². The van der Waals surface area contributed by atoms with Crippen molar-refractivity contribution in [2.75, 3.05) is 38.6 Å². The summed E-state index contributed by atoms with van der Waals surface area (Å²) in [6.45, 7) is 4.39. The number of piperidine rings is 1. The number of carbonyl (C=O) groups excluding carboxylic acids is 1. The Morgan fingerprint density at radius 2 is 2.07 bits per heavy atom. The van der Waals surface area contributed by atoms with Gasteiger partial charge in [-0.15, -0.1) is 0 Å². The Labute approximate surface area is 168 Å². The molecule has 1 amide bonds. The fourth-order valence-corrected chi connectivity index (χ4v) is 3.77. The summed E-state index contributed by atoms with van der Waals surface area (Å²) in [6, 6.07) is 8.86. The van der Waals surface area contributed by atoms with E-state index < -0.39 is 0 Å². The number of anilines is 1. The number of nitrogens with one attached hydrogen (secondary N) is 1. The molecule has 1 fully saturated rings. The molecule has 0 aliphatic carbocycles. The van der Waals surface area contributed by atoms with E-state index in [1.54, 1.807) is 18.6 Å². The lowest BCUT2D eigenvalue weighted by atomic mass is 9.96. The molecule has 1 aromatic heterocycles. The molecule has 1 aliphatic rings. The minimum atomic E-state index is -0.0129. The van der Waals surface area contributed by atoms with E-state index in [-0.39, 0.29) is 17.9 Å². The van der Waals surface area contributed by atoms with Crippen molar-refractivity contribution in [1.29, 1.82) is 0 Å². The standard InChI is InChI=1S/C22H31N5O/c1-4-17-7-9-18(10-8-17)20(26(2)3)14-25-22(28)19-6-5-13-27(16-19)21-15-23-11-12-24-21/h7-12,15,19-20H,4-6,13-14,16H2,1-3H3,(H,25,28)/t19-,20+/m0/s1. The van der Waals surface area contributed by atoms with Gasteiger partial charge in [0.25, 0.3) is 0 Å². The summed E-state index contributed by atoms with van der Waals surface area (Å²) in [5.41, 5.74) is 2.56. The van der Waals surface area contributed by atoms with Crippen LogP contribution in [-0.2, 0) is 11.2 Å². The Morgan fingerprint density at radius 3 is 2.71 bits per heavy atom. The molecule has 1 aromatic carbocycles. The molecule has 1 saturated heterocycles. The molecule has 6 nitrogen and oxygen atoms in total. The third-order valence-electron chi connectivity index (χ3n) is 5.53. The van der Waals surface area contributed by atoms with Crippen molar-refractivity contribution in [2.24, 2.45) is 5.92 Å². The minimum Gasteiger partial charge on any atom is -0.355 e. The van der Waals surface area contributed by atoms with E-state index in [0.29, 0.717) is 13.1 Å². The van der Waals surface area contributed by atoms with Crippen molar-refractivity contribution in [3.05, 3.63) is 54.0 Å². The molecule has 1 N–H and O–H groups in total. The van der Waals surface area contributed by atoms with E-state index >= 15 is 0 Å². The molecule has 6 heteroatoms. The van der Waals surface area contributed by atoms with Crippen molar-refractivity contribution >= 4 is 11.7 Å². The highest BCUT2D eigenvalue weighted by Crippen LogP contribution is 2.22. The molecule has 28 heavy (non-hydrogen) atoms. The zero-order chi connectivity index (χ0) is 19.9. The van der Waals surface area contributed by atoms with E-state index in [1.807, 2.05) is 0 Å². The van der Waals surface area contributed by atoms with Gasteiger partial charge in [0, 0.05) is 32.0 Å². The first-order valence-electron chi connectivity index (χ1n) is 10.1. The minimum absolute atomic E-state index is 0.0129. The topological polar surface area (TPSA) is 61.4 Å². The van der Waals surface area contributed by atoms with Crippen LogP contribution in [0.1, 0.15) is 36.9 Å². The van der Waals surface area contributed by atoms with Gasteiger partial charge in [0.05, 0.1) is 18.2 Å². The second-order valence-corrected chi connectivity index (χ2v) is 7.67. The lowest BCUT2D eigenvalue weighted by molar-refractivity contribution is -0.125. The van der Waals surface area contributed by atoms with E-state index in [9.17, 15) is 4.79 Å². The Morgan fingerprint density at radius 1 is 1.29 bits per heavy atom. The van der Waals surface area contributed by atoms with Crippen molar-refractivity contribution in [1.82, 2.24) is 20.2 Å².